The van der Waals surface area contributed by atoms with Gasteiger partial charge in [-0.2, -0.15) is 0 Å². The lowest BCUT2D eigenvalue weighted by atomic mass is 9.90. The maximum absolute atomic E-state index is 5.47. The van der Waals surface area contributed by atoms with Crippen LogP contribution in [-0.4, -0.2) is 9.59 Å². The zero-order chi connectivity index (χ0) is 11.5. The molecule has 1 aromatic rings. The minimum absolute atomic E-state index is 0.0357. The molecule has 0 amide bonds. The number of hydrazine groups is 1. The fraction of sp³-hybridized carbons (Fsp3) is 0.600. The highest BCUT2D eigenvalue weighted by atomic mass is 32.1. The van der Waals surface area contributed by atoms with Crippen molar-refractivity contribution in [2.75, 3.05) is 0 Å². The van der Waals surface area contributed by atoms with Gasteiger partial charge in [0.25, 0.3) is 0 Å². The monoisotopic (exact) mass is 224 g/mol. The van der Waals surface area contributed by atoms with Gasteiger partial charge in [0.1, 0.15) is 0 Å². The number of hydrogen-bond donors (Lipinski definition) is 2. The number of terminal acetylenes is 1. The molecule has 1 unspecified atom stereocenters. The second kappa shape index (κ2) is 4.71. The molecule has 1 rings (SSSR count). The van der Waals surface area contributed by atoms with E-state index in [0.717, 1.165) is 10.6 Å². The molecule has 0 bridgehead atoms. The third-order valence-electron chi connectivity index (χ3n) is 2.06. The Morgan fingerprint density at radius 3 is 2.73 bits per heavy atom. The summed E-state index contributed by atoms with van der Waals surface area (Å²) in [6.45, 7) is 6.28. The van der Waals surface area contributed by atoms with E-state index in [2.05, 4.69) is 41.7 Å². The molecular weight excluding hydrogens is 208 g/mol. The maximum Gasteiger partial charge on any atom is 0.0857 e. The Morgan fingerprint density at radius 1 is 1.60 bits per heavy atom. The molecule has 0 aromatic carbocycles. The van der Waals surface area contributed by atoms with Crippen molar-refractivity contribution in [1.82, 2.24) is 15.0 Å². The van der Waals surface area contributed by atoms with Crippen LogP contribution in [0.1, 0.15) is 43.8 Å². The lowest BCUT2D eigenvalue weighted by Gasteiger charge is -2.20. The van der Waals surface area contributed by atoms with Gasteiger partial charge >= 0.3 is 0 Å². The Balaban J connectivity index is 3.04. The molecular formula is C10H16N4S. The van der Waals surface area contributed by atoms with Crippen LogP contribution in [-0.2, 0) is 5.41 Å². The molecule has 0 aliphatic heterocycles. The molecule has 1 aromatic heterocycles. The van der Waals surface area contributed by atoms with Gasteiger partial charge in [-0.1, -0.05) is 25.3 Å². The normalized spacial score (nSPS) is 13.5. The minimum atomic E-state index is -0.0516. The standard InChI is InChI=1S/C10H16N4S/c1-5-6-7(12-11)8-9(10(2,3)4)13-14-15-8/h1,7,12H,6,11H2,2-4H3. The average molecular weight is 224 g/mol. The summed E-state index contributed by atoms with van der Waals surface area (Å²) in [6, 6.07) is -0.0516. The molecule has 0 spiro atoms. The second-order valence-corrected chi connectivity index (χ2v) is 5.15. The van der Waals surface area contributed by atoms with E-state index in [1.807, 2.05) is 0 Å². The average Bonchev–Trinajstić information content (AvgIpc) is 2.61. The van der Waals surface area contributed by atoms with Crippen LogP contribution < -0.4 is 11.3 Å². The fourth-order valence-electron chi connectivity index (χ4n) is 1.29. The molecule has 15 heavy (non-hydrogen) atoms. The summed E-state index contributed by atoms with van der Waals surface area (Å²) < 4.78 is 3.97. The predicted molar refractivity (Wildman–Crippen MR) is 62.1 cm³/mol. The Hall–Kier alpha value is -0.960. The van der Waals surface area contributed by atoms with Crippen molar-refractivity contribution < 1.29 is 0 Å². The number of nitrogens with zero attached hydrogens (tertiary/aromatic N) is 2. The Morgan fingerprint density at radius 2 is 2.27 bits per heavy atom. The topological polar surface area (TPSA) is 63.8 Å². The van der Waals surface area contributed by atoms with E-state index in [1.165, 1.54) is 11.5 Å². The van der Waals surface area contributed by atoms with Gasteiger partial charge in [0, 0.05) is 11.8 Å². The molecule has 0 radical (unpaired) electrons. The molecule has 0 saturated heterocycles. The van der Waals surface area contributed by atoms with E-state index in [1.54, 1.807) is 0 Å². The van der Waals surface area contributed by atoms with E-state index in [4.69, 9.17) is 12.3 Å². The third-order valence-corrected chi connectivity index (χ3v) is 2.90. The van der Waals surface area contributed by atoms with Crippen molar-refractivity contribution in [3.05, 3.63) is 10.6 Å². The second-order valence-electron chi connectivity index (χ2n) is 4.36. The van der Waals surface area contributed by atoms with Crippen LogP contribution in [0, 0.1) is 12.3 Å². The van der Waals surface area contributed by atoms with Gasteiger partial charge < -0.3 is 0 Å². The smallest absolute Gasteiger partial charge is 0.0857 e. The largest absolute Gasteiger partial charge is 0.271 e. The highest BCUT2D eigenvalue weighted by molar-refractivity contribution is 7.05. The van der Waals surface area contributed by atoms with E-state index in [0.29, 0.717) is 6.42 Å². The first-order valence-corrected chi connectivity index (χ1v) is 5.50. The van der Waals surface area contributed by atoms with Crippen molar-refractivity contribution in [1.29, 1.82) is 0 Å². The predicted octanol–water partition coefficient (Wildman–Crippen LogP) is 1.36. The minimum Gasteiger partial charge on any atom is -0.271 e. The van der Waals surface area contributed by atoms with Crippen LogP contribution in [0.4, 0.5) is 0 Å². The number of aromatic nitrogens is 2. The summed E-state index contributed by atoms with van der Waals surface area (Å²) in [6.07, 6.45) is 5.83. The highest BCUT2D eigenvalue weighted by Gasteiger charge is 2.26. The molecule has 5 heteroatoms. The quantitative estimate of drug-likeness (QED) is 0.462. The van der Waals surface area contributed by atoms with Crippen LogP contribution >= 0.6 is 11.5 Å². The van der Waals surface area contributed by atoms with E-state index < -0.39 is 0 Å². The molecule has 1 atom stereocenters. The van der Waals surface area contributed by atoms with Gasteiger partial charge in [-0.15, -0.1) is 17.4 Å². The summed E-state index contributed by atoms with van der Waals surface area (Å²) in [5, 5.41) is 4.14. The van der Waals surface area contributed by atoms with Crippen molar-refractivity contribution >= 4 is 11.5 Å². The van der Waals surface area contributed by atoms with Crippen LogP contribution in [0.3, 0.4) is 0 Å². The summed E-state index contributed by atoms with van der Waals surface area (Å²) in [5.74, 6) is 8.06. The summed E-state index contributed by atoms with van der Waals surface area (Å²) in [4.78, 5) is 1.03. The van der Waals surface area contributed by atoms with Gasteiger partial charge in [-0.25, -0.2) is 0 Å². The highest BCUT2D eigenvalue weighted by Crippen LogP contribution is 2.31. The summed E-state index contributed by atoms with van der Waals surface area (Å²) >= 11 is 1.35. The van der Waals surface area contributed by atoms with Gasteiger partial charge in [0.2, 0.25) is 0 Å². The zero-order valence-corrected chi connectivity index (χ0v) is 10.1. The Kier molecular flexibility index (Phi) is 3.80. The van der Waals surface area contributed by atoms with Crippen molar-refractivity contribution in [3.8, 4) is 12.3 Å². The fourth-order valence-corrected chi connectivity index (χ4v) is 2.21. The number of nitrogens with one attached hydrogen (secondary N) is 1. The van der Waals surface area contributed by atoms with Gasteiger partial charge in [-0.3, -0.25) is 11.3 Å². The summed E-state index contributed by atoms with van der Waals surface area (Å²) in [7, 11) is 0. The van der Waals surface area contributed by atoms with Crippen molar-refractivity contribution in [3.63, 3.8) is 0 Å². The van der Waals surface area contributed by atoms with E-state index >= 15 is 0 Å². The number of rotatable bonds is 3. The first-order valence-electron chi connectivity index (χ1n) is 4.73. The SMILES string of the molecule is C#CCC(NN)c1snnc1C(C)(C)C. The van der Waals surface area contributed by atoms with Crippen LogP contribution in [0.5, 0.6) is 0 Å². The molecule has 4 nitrogen and oxygen atoms in total. The lowest BCUT2D eigenvalue weighted by Crippen LogP contribution is -2.29. The molecule has 3 N–H and O–H groups in total. The molecule has 0 saturated carbocycles. The third kappa shape index (κ3) is 2.75. The Labute approximate surface area is 94.4 Å². The molecule has 0 aliphatic rings. The van der Waals surface area contributed by atoms with Gasteiger partial charge in [0.05, 0.1) is 16.6 Å². The lowest BCUT2D eigenvalue weighted by molar-refractivity contribution is 0.523. The first-order chi connectivity index (χ1) is 7.00. The van der Waals surface area contributed by atoms with Gasteiger partial charge in [-0.05, 0) is 11.5 Å². The molecule has 0 aliphatic carbocycles. The zero-order valence-electron chi connectivity index (χ0n) is 9.24. The van der Waals surface area contributed by atoms with Crippen molar-refractivity contribution in [2.24, 2.45) is 5.84 Å². The van der Waals surface area contributed by atoms with Crippen molar-refractivity contribution in [2.45, 2.75) is 38.6 Å². The number of nitrogens with two attached hydrogens (primary N) is 1. The summed E-state index contributed by atoms with van der Waals surface area (Å²) in [5.41, 5.74) is 3.63. The van der Waals surface area contributed by atoms with E-state index in [9.17, 15) is 0 Å². The van der Waals surface area contributed by atoms with E-state index in [-0.39, 0.29) is 11.5 Å². The van der Waals surface area contributed by atoms with Crippen LogP contribution in [0.15, 0.2) is 0 Å². The van der Waals surface area contributed by atoms with Crippen LogP contribution in [0.2, 0.25) is 0 Å². The van der Waals surface area contributed by atoms with Gasteiger partial charge in [0.15, 0.2) is 0 Å². The maximum atomic E-state index is 5.47. The first kappa shape index (κ1) is 12.1. The number of hydrogen-bond acceptors (Lipinski definition) is 5. The molecule has 0 fully saturated rings. The Bertz CT molecular complexity index is 358. The van der Waals surface area contributed by atoms with Crippen LogP contribution in [0.25, 0.3) is 0 Å². The molecule has 1 heterocycles. The molecule has 82 valence electrons.